The lowest BCUT2D eigenvalue weighted by Gasteiger charge is -2.48. The number of hydrogen-bond acceptors (Lipinski definition) is 4. The first-order valence-corrected chi connectivity index (χ1v) is 12.5. The maximum atomic E-state index is 13.0. The lowest BCUT2D eigenvalue weighted by atomic mass is 9.74. The molecule has 30 heavy (non-hydrogen) atoms. The van der Waals surface area contributed by atoms with Crippen molar-refractivity contribution in [1.82, 2.24) is 14.7 Å². The standard InChI is InChI=1S/C23H34N4O2S/c1-30-20-9-3-2-8-19(20)24-22(29)27-15-7-11-23(18-27)10-6-12-25(17-23)16-21(28)26-13-4-5-14-26/h2-3,8-9H,4-7,10-18H2,1H3,(H,24,29). The van der Waals surface area contributed by atoms with E-state index in [4.69, 9.17) is 0 Å². The molecule has 0 aromatic heterocycles. The number of piperidine rings is 2. The van der Waals surface area contributed by atoms with Gasteiger partial charge in [-0.1, -0.05) is 12.1 Å². The summed E-state index contributed by atoms with van der Waals surface area (Å²) in [5, 5.41) is 3.13. The van der Waals surface area contributed by atoms with E-state index in [2.05, 4.69) is 10.2 Å². The molecule has 3 heterocycles. The van der Waals surface area contributed by atoms with Crippen LogP contribution in [-0.2, 0) is 4.79 Å². The molecule has 1 atom stereocenters. The highest BCUT2D eigenvalue weighted by Gasteiger charge is 2.41. The third kappa shape index (κ3) is 4.94. The Bertz CT molecular complexity index is 763. The Kier molecular flexibility index (Phi) is 6.88. The zero-order valence-electron chi connectivity index (χ0n) is 18.1. The first-order chi connectivity index (χ1) is 14.6. The van der Waals surface area contributed by atoms with Crippen LogP contribution in [0.15, 0.2) is 29.2 Å². The second kappa shape index (κ2) is 9.60. The molecule has 3 fully saturated rings. The van der Waals surface area contributed by atoms with Crippen molar-refractivity contribution in [2.75, 3.05) is 57.4 Å². The number of amides is 3. The van der Waals surface area contributed by atoms with Crippen LogP contribution in [0.25, 0.3) is 0 Å². The summed E-state index contributed by atoms with van der Waals surface area (Å²) in [4.78, 5) is 33.1. The smallest absolute Gasteiger partial charge is 0.321 e. The minimum atomic E-state index is 0.000779. The predicted molar refractivity (Wildman–Crippen MR) is 122 cm³/mol. The molecule has 4 rings (SSSR count). The third-order valence-electron chi connectivity index (χ3n) is 6.86. The monoisotopic (exact) mass is 430 g/mol. The fourth-order valence-corrected chi connectivity index (χ4v) is 5.91. The average Bonchev–Trinajstić information content (AvgIpc) is 3.29. The number of rotatable bonds is 4. The number of thioether (sulfide) groups is 1. The number of carbonyl (C=O) groups excluding carboxylic acids is 2. The van der Waals surface area contributed by atoms with E-state index in [9.17, 15) is 9.59 Å². The highest BCUT2D eigenvalue weighted by atomic mass is 32.2. The van der Waals surface area contributed by atoms with Gasteiger partial charge in [0.1, 0.15) is 0 Å². The van der Waals surface area contributed by atoms with Crippen LogP contribution in [0.3, 0.4) is 0 Å². The van der Waals surface area contributed by atoms with Gasteiger partial charge in [0.2, 0.25) is 5.91 Å². The van der Waals surface area contributed by atoms with Gasteiger partial charge in [-0.15, -0.1) is 11.8 Å². The molecule has 1 aromatic carbocycles. The fraction of sp³-hybridized carbons (Fsp3) is 0.652. The van der Waals surface area contributed by atoms with Gasteiger partial charge < -0.3 is 15.1 Å². The van der Waals surface area contributed by atoms with Crippen LogP contribution < -0.4 is 5.32 Å². The summed E-state index contributed by atoms with van der Waals surface area (Å²) in [6.07, 6.45) is 8.74. The number of hydrogen-bond donors (Lipinski definition) is 1. The van der Waals surface area contributed by atoms with E-state index in [1.165, 1.54) is 0 Å². The van der Waals surface area contributed by atoms with Crippen molar-refractivity contribution in [3.8, 4) is 0 Å². The maximum absolute atomic E-state index is 13.0. The molecule has 0 bridgehead atoms. The van der Waals surface area contributed by atoms with Crippen molar-refractivity contribution in [2.45, 2.75) is 43.4 Å². The Morgan fingerprint density at radius 2 is 1.67 bits per heavy atom. The summed E-state index contributed by atoms with van der Waals surface area (Å²) in [6, 6.07) is 7.96. The zero-order valence-corrected chi connectivity index (χ0v) is 18.9. The lowest BCUT2D eigenvalue weighted by Crippen LogP contribution is -2.55. The van der Waals surface area contributed by atoms with Crippen molar-refractivity contribution in [3.63, 3.8) is 0 Å². The van der Waals surface area contributed by atoms with E-state index in [0.717, 1.165) is 88.4 Å². The van der Waals surface area contributed by atoms with Gasteiger partial charge >= 0.3 is 6.03 Å². The number of carbonyl (C=O) groups is 2. The SMILES string of the molecule is CSc1ccccc1NC(=O)N1CCCC2(CCCN(CC(=O)N3CCCC3)C2)C1. The minimum Gasteiger partial charge on any atom is -0.342 e. The van der Waals surface area contributed by atoms with E-state index in [-0.39, 0.29) is 17.4 Å². The highest BCUT2D eigenvalue weighted by molar-refractivity contribution is 7.98. The second-order valence-corrected chi connectivity index (χ2v) is 9.91. The van der Waals surface area contributed by atoms with Gasteiger partial charge in [0.15, 0.2) is 0 Å². The Labute approximate surface area is 184 Å². The number of likely N-dealkylation sites (tertiary alicyclic amines) is 3. The van der Waals surface area contributed by atoms with Crippen LogP contribution in [0.5, 0.6) is 0 Å². The highest BCUT2D eigenvalue weighted by Crippen LogP contribution is 2.39. The normalized spacial score (nSPS) is 25.0. The van der Waals surface area contributed by atoms with E-state index in [1.807, 2.05) is 40.3 Å². The van der Waals surface area contributed by atoms with Gasteiger partial charge in [0.25, 0.3) is 0 Å². The lowest BCUT2D eigenvalue weighted by molar-refractivity contribution is -0.132. The van der Waals surface area contributed by atoms with E-state index >= 15 is 0 Å². The van der Waals surface area contributed by atoms with E-state index in [0.29, 0.717) is 6.54 Å². The van der Waals surface area contributed by atoms with Gasteiger partial charge in [-0.3, -0.25) is 9.69 Å². The Morgan fingerprint density at radius 3 is 2.43 bits per heavy atom. The molecule has 0 aliphatic carbocycles. The summed E-state index contributed by atoms with van der Waals surface area (Å²) < 4.78 is 0. The van der Waals surface area contributed by atoms with Crippen LogP contribution in [0, 0.1) is 5.41 Å². The molecule has 3 amide bonds. The molecule has 0 saturated carbocycles. The Balaban J connectivity index is 1.37. The molecule has 1 N–H and O–H groups in total. The largest absolute Gasteiger partial charge is 0.342 e. The molecule has 6 nitrogen and oxygen atoms in total. The molecular weight excluding hydrogens is 396 g/mol. The Hall–Kier alpha value is -1.73. The molecule has 1 unspecified atom stereocenters. The van der Waals surface area contributed by atoms with Crippen LogP contribution >= 0.6 is 11.8 Å². The number of para-hydroxylation sites is 1. The summed E-state index contributed by atoms with van der Waals surface area (Å²) in [5.74, 6) is 0.281. The molecule has 7 heteroatoms. The minimum absolute atomic E-state index is 0.000779. The number of nitrogens with one attached hydrogen (secondary N) is 1. The first kappa shape index (κ1) is 21.5. The number of urea groups is 1. The van der Waals surface area contributed by atoms with Crippen molar-refractivity contribution in [1.29, 1.82) is 0 Å². The summed E-state index contributed by atoms with van der Waals surface area (Å²) >= 11 is 1.65. The molecule has 3 aliphatic rings. The molecular formula is C23H34N4O2S. The summed E-state index contributed by atoms with van der Waals surface area (Å²) in [7, 11) is 0. The van der Waals surface area contributed by atoms with Gasteiger partial charge in [0, 0.05) is 43.0 Å². The molecule has 164 valence electrons. The number of benzene rings is 1. The molecule has 1 aromatic rings. The Morgan fingerprint density at radius 1 is 0.967 bits per heavy atom. The molecule has 3 aliphatic heterocycles. The topological polar surface area (TPSA) is 55.9 Å². The molecule has 0 radical (unpaired) electrons. The van der Waals surface area contributed by atoms with Crippen molar-refractivity contribution < 1.29 is 9.59 Å². The third-order valence-corrected chi connectivity index (χ3v) is 7.65. The van der Waals surface area contributed by atoms with Gasteiger partial charge in [-0.05, 0) is 63.5 Å². The number of nitrogens with zero attached hydrogens (tertiary/aromatic N) is 3. The fourth-order valence-electron chi connectivity index (χ4n) is 5.36. The summed E-state index contributed by atoms with van der Waals surface area (Å²) in [6.45, 7) is 5.89. The zero-order chi connectivity index (χ0) is 21.0. The van der Waals surface area contributed by atoms with Gasteiger partial charge in [-0.2, -0.15) is 0 Å². The van der Waals surface area contributed by atoms with Gasteiger partial charge in [0.05, 0.1) is 12.2 Å². The first-order valence-electron chi connectivity index (χ1n) is 11.3. The van der Waals surface area contributed by atoms with Crippen molar-refractivity contribution in [3.05, 3.63) is 24.3 Å². The van der Waals surface area contributed by atoms with Crippen LogP contribution in [0.2, 0.25) is 0 Å². The van der Waals surface area contributed by atoms with Crippen molar-refractivity contribution in [2.24, 2.45) is 5.41 Å². The molecule has 1 spiro atoms. The van der Waals surface area contributed by atoms with E-state index in [1.54, 1.807) is 11.8 Å². The maximum Gasteiger partial charge on any atom is 0.321 e. The summed E-state index contributed by atoms with van der Waals surface area (Å²) in [5.41, 5.74) is 1.01. The quantitative estimate of drug-likeness (QED) is 0.740. The van der Waals surface area contributed by atoms with Crippen LogP contribution in [-0.4, -0.2) is 78.7 Å². The van der Waals surface area contributed by atoms with E-state index < -0.39 is 0 Å². The predicted octanol–water partition coefficient (Wildman–Crippen LogP) is 3.74. The average molecular weight is 431 g/mol. The second-order valence-electron chi connectivity index (χ2n) is 9.06. The van der Waals surface area contributed by atoms with Crippen LogP contribution in [0.1, 0.15) is 38.5 Å². The van der Waals surface area contributed by atoms with Crippen molar-refractivity contribution >= 4 is 29.4 Å². The van der Waals surface area contributed by atoms with Crippen LogP contribution in [0.4, 0.5) is 10.5 Å². The van der Waals surface area contributed by atoms with Gasteiger partial charge in [-0.25, -0.2) is 4.79 Å². The number of anilines is 1. The molecule has 3 saturated heterocycles.